The number of hydrogen-bond donors (Lipinski definition) is 1. The Hall–Kier alpha value is -2.22. The van der Waals surface area contributed by atoms with E-state index >= 15 is 0 Å². The van der Waals surface area contributed by atoms with Crippen molar-refractivity contribution < 1.29 is 9.84 Å². The lowest BCUT2D eigenvalue weighted by molar-refractivity contribution is 0.262. The molecule has 0 amide bonds. The van der Waals surface area contributed by atoms with Gasteiger partial charge in [-0.1, -0.05) is 70.5 Å². The molecule has 0 saturated carbocycles. The number of aryl methyl sites for hydroxylation is 2. The van der Waals surface area contributed by atoms with Crippen LogP contribution in [0, 0.1) is 5.41 Å². The number of hydrogen-bond acceptors (Lipinski definition) is 2. The number of phenolic OH excluding ortho intramolecular Hbond substituents is 1. The van der Waals surface area contributed by atoms with Crippen molar-refractivity contribution in [2.45, 2.75) is 72.6 Å². The number of benzene rings is 2. The van der Waals surface area contributed by atoms with Crippen LogP contribution in [0.25, 0.3) is 0 Å². The number of phenols is 1. The van der Waals surface area contributed by atoms with Gasteiger partial charge in [0.05, 0.1) is 0 Å². The van der Waals surface area contributed by atoms with Crippen molar-refractivity contribution in [3.63, 3.8) is 0 Å². The zero-order valence-corrected chi connectivity index (χ0v) is 18.0. The first-order chi connectivity index (χ1) is 13.5. The first kappa shape index (κ1) is 22.1. The summed E-state index contributed by atoms with van der Waals surface area (Å²) in [6, 6.07) is 16.0. The largest absolute Gasteiger partial charge is 0.508 e. The van der Waals surface area contributed by atoms with Crippen molar-refractivity contribution in [3.8, 4) is 11.5 Å². The van der Waals surface area contributed by atoms with Crippen LogP contribution in [0.4, 0.5) is 0 Å². The molecule has 0 aliphatic carbocycles. The van der Waals surface area contributed by atoms with Gasteiger partial charge >= 0.3 is 0 Å². The molecule has 2 heteroatoms. The Kier molecular flexibility index (Phi) is 8.63. The fourth-order valence-electron chi connectivity index (χ4n) is 3.19. The fraction of sp³-hybridized carbons (Fsp3) is 0.462. The topological polar surface area (TPSA) is 29.5 Å². The number of rotatable bonds is 11. The Balaban J connectivity index is 2.10. The summed E-state index contributed by atoms with van der Waals surface area (Å²) in [5.74, 6) is 2.43. The third-order valence-corrected chi connectivity index (χ3v) is 5.51. The number of aromatic hydroxyl groups is 1. The summed E-state index contributed by atoms with van der Waals surface area (Å²) < 4.78 is 6.49. The molecule has 152 valence electrons. The van der Waals surface area contributed by atoms with E-state index in [0.717, 1.165) is 49.2 Å². The summed E-state index contributed by atoms with van der Waals surface area (Å²) in [6.07, 6.45) is 9.54. The highest BCUT2D eigenvalue weighted by atomic mass is 16.5. The lowest BCUT2D eigenvalue weighted by atomic mass is 9.87. The van der Waals surface area contributed by atoms with Crippen LogP contribution in [0.3, 0.4) is 0 Å². The Bertz CT molecular complexity index is 759. The van der Waals surface area contributed by atoms with E-state index in [0.29, 0.717) is 5.75 Å². The Morgan fingerprint density at radius 3 is 2.25 bits per heavy atom. The van der Waals surface area contributed by atoms with Crippen molar-refractivity contribution in [1.29, 1.82) is 0 Å². The minimum Gasteiger partial charge on any atom is -0.508 e. The summed E-state index contributed by atoms with van der Waals surface area (Å²) >= 11 is 0. The van der Waals surface area contributed by atoms with Crippen molar-refractivity contribution >= 4 is 0 Å². The Morgan fingerprint density at radius 2 is 1.57 bits per heavy atom. The second-order valence-corrected chi connectivity index (χ2v) is 8.14. The van der Waals surface area contributed by atoms with Gasteiger partial charge in [0.25, 0.3) is 0 Å². The summed E-state index contributed by atoms with van der Waals surface area (Å²) in [5, 5.41) is 9.97. The van der Waals surface area contributed by atoms with Crippen LogP contribution in [0.2, 0.25) is 0 Å². The molecule has 0 bridgehead atoms. The molecule has 0 heterocycles. The lowest BCUT2D eigenvalue weighted by Gasteiger charge is -2.27. The zero-order valence-electron chi connectivity index (χ0n) is 18.0. The average molecular weight is 381 g/mol. The molecule has 0 spiro atoms. The smallest absolute Gasteiger partial charge is 0.130 e. The molecule has 0 unspecified atom stereocenters. The van der Waals surface area contributed by atoms with Crippen LogP contribution < -0.4 is 4.74 Å². The van der Waals surface area contributed by atoms with Gasteiger partial charge in [0.1, 0.15) is 17.3 Å². The molecule has 2 rings (SSSR count). The number of para-hydroxylation sites is 2. The highest BCUT2D eigenvalue weighted by Crippen LogP contribution is 2.34. The van der Waals surface area contributed by atoms with Crippen LogP contribution >= 0.6 is 0 Å². The first-order valence-corrected chi connectivity index (χ1v) is 10.7. The van der Waals surface area contributed by atoms with Crippen molar-refractivity contribution in [2.24, 2.45) is 5.41 Å². The van der Waals surface area contributed by atoms with Crippen LogP contribution in [-0.4, -0.2) is 5.11 Å². The Labute approximate surface area is 171 Å². The first-order valence-electron chi connectivity index (χ1n) is 10.7. The summed E-state index contributed by atoms with van der Waals surface area (Å²) in [6.45, 7) is 8.95. The molecule has 2 aromatic rings. The summed E-state index contributed by atoms with van der Waals surface area (Å²) in [5.41, 5.74) is 2.26. The van der Waals surface area contributed by atoms with Crippen LogP contribution in [0.15, 0.2) is 60.4 Å². The van der Waals surface area contributed by atoms with Gasteiger partial charge in [-0.25, -0.2) is 0 Å². The van der Waals surface area contributed by atoms with Gasteiger partial charge in [0.15, 0.2) is 0 Å². The maximum Gasteiger partial charge on any atom is 0.130 e. The van der Waals surface area contributed by atoms with Crippen molar-refractivity contribution in [3.05, 3.63) is 71.5 Å². The minimum absolute atomic E-state index is 0.0245. The van der Waals surface area contributed by atoms with Gasteiger partial charge < -0.3 is 9.84 Å². The van der Waals surface area contributed by atoms with Gasteiger partial charge in [-0.15, -0.1) is 0 Å². The standard InChI is InChI=1S/C26H36O2/c1-5-7-8-20-25(26(3,4)6-2)28-24-19-12-10-15-22(24)17-13-16-21-14-9-11-18-23(21)27/h9-12,14-15,18-20,27H,5-8,13,16-17H2,1-4H3/b25-20+. The molecular weight excluding hydrogens is 344 g/mol. The lowest BCUT2D eigenvalue weighted by Crippen LogP contribution is -2.18. The molecule has 28 heavy (non-hydrogen) atoms. The van der Waals surface area contributed by atoms with E-state index in [4.69, 9.17) is 4.74 Å². The molecule has 0 aliphatic rings. The predicted octanol–water partition coefficient (Wildman–Crippen LogP) is 7.46. The fourth-order valence-corrected chi connectivity index (χ4v) is 3.19. The molecule has 1 N–H and O–H groups in total. The maximum atomic E-state index is 9.97. The normalized spacial score (nSPS) is 12.2. The highest BCUT2D eigenvalue weighted by molar-refractivity contribution is 5.36. The van der Waals surface area contributed by atoms with Gasteiger partial charge in [0.2, 0.25) is 0 Å². The van der Waals surface area contributed by atoms with Crippen molar-refractivity contribution in [1.82, 2.24) is 0 Å². The minimum atomic E-state index is 0.0245. The van der Waals surface area contributed by atoms with Gasteiger partial charge in [0, 0.05) is 5.41 Å². The SMILES string of the molecule is CCCC/C=C(/Oc1ccccc1CCCc1ccccc1O)C(C)(C)CC. The van der Waals surface area contributed by atoms with E-state index in [1.165, 1.54) is 18.4 Å². The predicted molar refractivity (Wildman–Crippen MR) is 119 cm³/mol. The van der Waals surface area contributed by atoms with Crippen LogP contribution in [0.1, 0.15) is 70.9 Å². The third kappa shape index (κ3) is 6.44. The molecule has 0 saturated heterocycles. The van der Waals surface area contributed by atoms with Gasteiger partial charge in [-0.2, -0.15) is 0 Å². The third-order valence-electron chi connectivity index (χ3n) is 5.51. The van der Waals surface area contributed by atoms with E-state index in [1.807, 2.05) is 24.3 Å². The highest BCUT2D eigenvalue weighted by Gasteiger charge is 2.24. The number of allylic oxidation sites excluding steroid dienone is 2. The molecule has 0 aromatic heterocycles. The molecule has 0 aliphatic heterocycles. The van der Waals surface area contributed by atoms with Gasteiger partial charge in [-0.3, -0.25) is 0 Å². The van der Waals surface area contributed by atoms with Crippen LogP contribution in [-0.2, 0) is 12.8 Å². The van der Waals surface area contributed by atoms with E-state index in [9.17, 15) is 5.11 Å². The van der Waals surface area contributed by atoms with E-state index in [-0.39, 0.29) is 5.41 Å². The maximum absolute atomic E-state index is 9.97. The Morgan fingerprint density at radius 1 is 0.929 bits per heavy atom. The molecular formula is C26H36O2. The average Bonchev–Trinajstić information content (AvgIpc) is 2.70. The van der Waals surface area contributed by atoms with E-state index in [1.54, 1.807) is 6.07 Å². The summed E-state index contributed by atoms with van der Waals surface area (Å²) in [7, 11) is 0. The quantitative estimate of drug-likeness (QED) is 0.324. The van der Waals surface area contributed by atoms with E-state index < -0.39 is 0 Å². The molecule has 0 radical (unpaired) electrons. The molecule has 2 nitrogen and oxygen atoms in total. The second kappa shape index (κ2) is 10.9. The van der Waals surface area contributed by atoms with Crippen molar-refractivity contribution in [2.75, 3.05) is 0 Å². The van der Waals surface area contributed by atoms with E-state index in [2.05, 4.69) is 52.0 Å². The molecule has 0 fully saturated rings. The zero-order chi connectivity index (χ0) is 20.4. The number of ether oxygens (including phenoxy) is 1. The monoisotopic (exact) mass is 380 g/mol. The second-order valence-electron chi connectivity index (χ2n) is 8.14. The summed E-state index contributed by atoms with van der Waals surface area (Å²) in [4.78, 5) is 0. The van der Waals surface area contributed by atoms with Crippen LogP contribution in [0.5, 0.6) is 11.5 Å². The molecule has 0 atom stereocenters. The number of unbranched alkanes of at least 4 members (excludes halogenated alkanes) is 2. The molecule has 2 aromatic carbocycles. The van der Waals surface area contributed by atoms with Gasteiger partial charge in [-0.05, 0) is 67.9 Å².